The minimum atomic E-state index is -0.128. The highest BCUT2D eigenvalue weighted by Crippen LogP contribution is 2.14. The van der Waals surface area contributed by atoms with Crippen molar-refractivity contribution in [3.05, 3.63) is 35.9 Å². The maximum Gasteiger partial charge on any atom is 0.305 e. The summed E-state index contributed by atoms with van der Waals surface area (Å²) in [6.45, 7) is 11.7. The molecule has 0 saturated heterocycles. The van der Waals surface area contributed by atoms with Gasteiger partial charge >= 0.3 is 5.97 Å². The van der Waals surface area contributed by atoms with Crippen LogP contribution >= 0.6 is 0 Å². The van der Waals surface area contributed by atoms with Crippen LogP contribution in [0.15, 0.2) is 30.3 Å². The molecule has 0 saturated carbocycles. The predicted molar refractivity (Wildman–Crippen MR) is 213 cm³/mol. The fourth-order valence-electron chi connectivity index (χ4n) is 5.45. The molecule has 0 spiro atoms. The molecule has 0 atom stereocenters. The van der Waals surface area contributed by atoms with Crippen LogP contribution in [0, 0.1) is 0 Å². The first kappa shape index (κ1) is 50.3. The molecule has 11 heteroatoms. The molecule has 0 aliphatic rings. The Bertz CT molecular complexity index is 861. The molecule has 1 aromatic rings. The number of hydrogen-bond acceptors (Lipinski definition) is 11. The fraction of sp³-hybridized carbons (Fsp3) is 0.837. The van der Waals surface area contributed by atoms with Gasteiger partial charge in [-0.15, -0.1) is 0 Å². The monoisotopic (exact) mass is 771 g/mol. The van der Waals surface area contributed by atoms with Crippen molar-refractivity contribution in [3.8, 4) is 0 Å². The first-order valence-corrected chi connectivity index (χ1v) is 21.2. The summed E-state index contributed by atoms with van der Waals surface area (Å²) < 4.78 is 54.8. The maximum absolute atomic E-state index is 11.9. The van der Waals surface area contributed by atoms with Crippen LogP contribution in [0.25, 0.3) is 0 Å². The molecule has 1 aromatic carbocycles. The average Bonchev–Trinajstić information content (AvgIpc) is 3.19. The van der Waals surface area contributed by atoms with E-state index in [-0.39, 0.29) is 5.97 Å². The quantitative estimate of drug-likeness (QED) is 0.0474. The zero-order valence-corrected chi connectivity index (χ0v) is 34.1. The Balaban J connectivity index is 1.64. The Morgan fingerprint density at radius 3 is 1.02 bits per heavy atom. The molecule has 0 amide bonds. The third-order valence-electron chi connectivity index (χ3n) is 8.56. The normalized spacial score (nSPS) is 11.4. The van der Waals surface area contributed by atoms with E-state index in [1.54, 1.807) is 0 Å². The molecule has 54 heavy (non-hydrogen) atoms. The van der Waals surface area contributed by atoms with Crippen molar-refractivity contribution in [1.29, 1.82) is 0 Å². The van der Waals surface area contributed by atoms with Crippen molar-refractivity contribution in [2.45, 2.75) is 116 Å². The molecule has 0 radical (unpaired) electrons. The molecule has 0 aliphatic heterocycles. The van der Waals surface area contributed by atoms with Crippen LogP contribution in [-0.2, 0) is 58.8 Å². The van der Waals surface area contributed by atoms with Crippen LogP contribution in [0.2, 0.25) is 0 Å². The highest BCUT2D eigenvalue weighted by Gasteiger charge is 2.03. The summed E-state index contributed by atoms with van der Waals surface area (Å²) in [4.78, 5) is 11.9. The number of hydrogen-bond donors (Lipinski definition) is 0. The van der Waals surface area contributed by atoms with E-state index in [1.165, 1.54) is 83.5 Å². The number of ether oxygens (including phenoxy) is 10. The SMILES string of the molecule is CCCCCCCCCCCCCCCCCC(=O)OCCOCCOCCOCCOCCOCCOCCOCCOCCOCc1ccccc1. The number of unbranched alkanes of at least 4 members (excludes halogenated alkanes) is 14. The van der Waals surface area contributed by atoms with Crippen LogP contribution in [0.1, 0.15) is 115 Å². The van der Waals surface area contributed by atoms with Gasteiger partial charge in [-0.2, -0.15) is 0 Å². The largest absolute Gasteiger partial charge is 0.463 e. The molecule has 316 valence electrons. The van der Waals surface area contributed by atoms with Gasteiger partial charge in [0.2, 0.25) is 0 Å². The summed E-state index contributed by atoms with van der Waals surface area (Å²) in [7, 11) is 0. The lowest BCUT2D eigenvalue weighted by atomic mass is 10.0. The van der Waals surface area contributed by atoms with E-state index in [4.69, 9.17) is 47.4 Å². The van der Waals surface area contributed by atoms with Gasteiger partial charge in [-0.3, -0.25) is 4.79 Å². The van der Waals surface area contributed by atoms with Gasteiger partial charge < -0.3 is 47.4 Å². The standard InChI is InChI=1S/C43H78O11/c1-2-3-4-5-6-7-8-9-10-11-12-13-14-15-19-22-43(44)54-40-39-52-36-35-50-32-31-48-28-27-46-24-23-45-25-26-47-29-30-49-33-34-51-37-38-53-41-42-20-17-16-18-21-42/h16-18,20-21H,2-15,19,22-41H2,1H3. The Kier molecular flexibility index (Phi) is 41.1. The van der Waals surface area contributed by atoms with Crippen LogP contribution < -0.4 is 0 Å². The smallest absolute Gasteiger partial charge is 0.305 e. The van der Waals surface area contributed by atoms with Crippen molar-refractivity contribution in [3.63, 3.8) is 0 Å². The molecule has 11 nitrogen and oxygen atoms in total. The second-order valence-corrected chi connectivity index (χ2v) is 13.4. The summed E-state index contributed by atoms with van der Waals surface area (Å²) in [5.41, 5.74) is 1.16. The van der Waals surface area contributed by atoms with Gasteiger partial charge in [-0.25, -0.2) is 0 Å². The van der Waals surface area contributed by atoms with Crippen molar-refractivity contribution in [1.82, 2.24) is 0 Å². The van der Waals surface area contributed by atoms with Gasteiger partial charge in [0.05, 0.1) is 119 Å². The number of rotatable bonds is 45. The molecule has 0 N–H and O–H groups in total. The maximum atomic E-state index is 11.9. The summed E-state index contributed by atoms with van der Waals surface area (Å²) in [5, 5.41) is 0. The van der Waals surface area contributed by atoms with Crippen LogP contribution in [0.4, 0.5) is 0 Å². The van der Waals surface area contributed by atoms with Gasteiger partial charge in [-0.05, 0) is 12.0 Å². The van der Waals surface area contributed by atoms with Crippen molar-refractivity contribution in [2.24, 2.45) is 0 Å². The molecule has 0 unspecified atom stereocenters. The Labute approximate surface area is 328 Å². The zero-order valence-electron chi connectivity index (χ0n) is 34.1. The second-order valence-electron chi connectivity index (χ2n) is 13.4. The summed E-state index contributed by atoms with van der Waals surface area (Å²) in [6.07, 6.45) is 20.2. The highest BCUT2D eigenvalue weighted by atomic mass is 16.6. The molecule has 1 rings (SSSR count). The van der Waals surface area contributed by atoms with E-state index in [1.807, 2.05) is 30.3 Å². The van der Waals surface area contributed by atoms with Crippen molar-refractivity contribution in [2.75, 3.05) is 119 Å². The van der Waals surface area contributed by atoms with Crippen LogP contribution in [0.3, 0.4) is 0 Å². The van der Waals surface area contributed by atoms with Gasteiger partial charge in [0.1, 0.15) is 6.61 Å². The molecule has 0 heterocycles. The third kappa shape index (κ3) is 40.0. The molecule has 0 fully saturated rings. The minimum absolute atomic E-state index is 0.128. The number of carbonyl (C=O) groups is 1. The lowest BCUT2D eigenvalue weighted by Crippen LogP contribution is -2.15. The molecule has 0 bridgehead atoms. The van der Waals surface area contributed by atoms with Crippen LogP contribution in [-0.4, -0.2) is 125 Å². The van der Waals surface area contributed by atoms with Gasteiger partial charge in [0, 0.05) is 6.42 Å². The summed E-state index contributed by atoms with van der Waals surface area (Å²) >= 11 is 0. The lowest BCUT2D eigenvalue weighted by Gasteiger charge is -2.09. The number of benzene rings is 1. The number of esters is 1. The number of carbonyl (C=O) groups excluding carboxylic acids is 1. The Hall–Kier alpha value is -1.67. The van der Waals surface area contributed by atoms with Gasteiger partial charge in [-0.1, -0.05) is 127 Å². The fourth-order valence-corrected chi connectivity index (χ4v) is 5.45. The second kappa shape index (κ2) is 44.0. The molecule has 0 aromatic heterocycles. The summed E-state index contributed by atoms with van der Waals surface area (Å²) in [5.74, 6) is -0.128. The van der Waals surface area contributed by atoms with Crippen molar-refractivity contribution < 1.29 is 52.2 Å². The third-order valence-corrected chi connectivity index (χ3v) is 8.56. The van der Waals surface area contributed by atoms with E-state index in [0.29, 0.717) is 132 Å². The van der Waals surface area contributed by atoms with E-state index in [0.717, 1.165) is 18.4 Å². The van der Waals surface area contributed by atoms with E-state index in [2.05, 4.69) is 6.92 Å². The average molecular weight is 771 g/mol. The highest BCUT2D eigenvalue weighted by molar-refractivity contribution is 5.69. The van der Waals surface area contributed by atoms with Crippen LogP contribution in [0.5, 0.6) is 0 Å². The van der Waals surface area contributed by atoms with E-state index < -0.39 is 0 Å². The first-order valence-electron chi connectivity index (χ1n) is 21.2. The topological polar surface area (TPSA) is 109 Å². The van der Waals surface area contributed by atoms with E-state index >= 15 is 0 Å². The summed E-state index contributed by atoms with van der Waals surface area (Å²) in [6, 6.07) is 10.1. The van der Waals surface area contributed by atoms with Gasteiger partial charge in [0.15, 0.2) is 0 Å². The molecule has 0 aliphatic carbocycles. The predicted octanol–water partition coefficient (Wildman–Crippen LogP) is 8.14. The van der Waals surface area contributed by atoms with Crippen molar-refractivity contribution >= 4 is 5.97 Å². The Morgan fingerprint density at radius 2 is 0.667 bits per heavy atom. The zero-order chi connectivity index (χ0) is 38.5. The Morgan fingerprint density at radius 1 is 0.370 bits per heavy atom. The van der Waals surface area contributed by atoms with Gasteiger partial charge in [0.25, 0.3) is 0 Å². The molecular formula is C43H78O11. The molecular weight excluding hydrogens is 692 g/mol. The minimum Gasteiger partial charge on any atom is -0.463 e. The lowest BCUT2D eigenvalue weighted by molar-refractivity contribution is -0.145. The first-order chi connectivity index (χ1) is 26.8. The van der Waals surface area contributed by atoms with E-state index in [9.17, 15) is 4.79 Å².